The van der Waals surface area contributed by atoms with Crippen molar-refractivity contribution < 1.29 is 9.26 Å². The van der Waals surface area contributed by atoms with E-state index in [1.165, 1.54) is 0 Å². The van der Waals surface area contributed by atoms with Gasteiger partial charge in [0.25, 0.3) is 0 Å². The molecule has 2 aromatic rings. The highest BCUT2D eigenvalue weighted by molar-refractivity contribution is 5.20. The second-order valence-electron chi connectivity index (χ2n) is 5.58. The van der Waals surface area contributed by atoms with Crippen LogP contribution in [0.15, 0.2) is 22.9 Å². The molecule has 0 amide bonds. The van der Waals surface area contributed by atoms with Crippen LogP contribution in [0.3, 0.4) is 0 Å². The van der Waals surface area contributed by atoms with Crippen LogP contribution in [0.4, 0.5) is 0 Å². The number of nitrogens with two attached hydrogens (primary N) is 1. The van der Waals surface area contributed by atoms with E-state index in [0.717, 1.165) is 12.0 Å². The zero-order valence-electron chi connectivity index (χ0n) is 12.7. The van der Waals surface area contributed by atoms with E-state index in [1.807, 2.05) is 12.1 Å². The standard InChI is InChI=1S/C15H22N4O2/c1-10(2)6-12(16)8-15-18-13(19-21-15)7-11-4-5-14(20-3)17-9-11/h4-5,9-10,12H,6-8,16H2,1-3H3. The number of nitrogens with zero attached hydrogens (tertiary/aromatic N) is 3. The Morgan fingerprint density at radius 2 is 2.14 bits per heavy atom. The molecule has 0 saturated carbocycles. The van der Waals surface area contributed by atoms with Crippen LogP contribution in [-0.4, -0.2) is 28.3 Å². The molecule has 1 unspecified atom stereocenters. The summed E-state index contributed by atoms with van der Waals surface area (Å²) in [5, 5.41) is 3.99. The number of methoxy groups -OCH3 is 1. The summed E-state index contributed by atoms with van der Waals surface area (Å²) in [4.78, 5) is 8.53. The third-order valence-electron chi connectivity index (χ3n) is 3.09. The summed E-state index contributed by atoms with van der Waals surface area (Å²) < 4.78 is 10.3. The topological polar surface area (TPSA) is 87.1 Å². The highest BCUT2D eigenvalue weighted by atomic mass is 16.5. The Kier molecular flexibility index (Phi) is 5.27. The van der Waals surface area contributed by atoms with Gasteiger partial charge in [0.1, 0.15) is 0 Å². The molecule has 0 aromatic carbocycles. The fourth-order valence-electron chi connectivity index (χ4n) is 2.18. The number of hydrogen-bond acceptors (Lipinski definition) is 6. The first-order valence-corrected chi connectivity index (χ1v) is 7.12. The summed E-state index contributed by atoms with van der Waals surface area (Å²) in [5.41, 5.74) is 7.06. The molecule has 2 N–H and O–H groups in total. The highest BCUT2D eigenvalue weighted by Gasteiger charge is 2.13. The lowest BCUT2D eigenvalue weighted by Gasteiger charge is -2.10. The molecule has 1 atom stereocenters. The van der Waals surface area contributed by atoms with Crippen LogP contribution in [0.25, 0.3) is 0 Å². The molecule has 0 bridgehead atoms. The van der Waals surface area contributed by atoms with Crippen molar-refractivity contribution in [3.63, 3.8) is 0 Å². The van der Waals surface area contributed by atoms with Gasteiger partial charge in [-0.1, -0.05) is 25.1 Å². The maximum Gasteiger partial charge on any atom is 0.228 e. The second kappa shape index (κ2) is 7.17. The summed E-state index contributed by atoms with van der Waals surface area (Å²) in [5.74, 6) is 2.40. The van der Waals surface area contributed by atoms with E-state index < -0.39 is 0 Å². The minimum absolute atomic E-state index is 0.0564. The van der Waals surface area contributed by atoms with E-state index >= 15 is 0 Å². The molecule has 2 rings (SSSR count). The third kappa shape index (κ3) is 4.82. The van der Waals surface area contributed by atoms with Crippen LogP contribution in [0.2, 0.25) is 0 Å². The Labute approximate surface area is 124 Å². The molecule has 0 radical (unpaired) electrons. The predicted octanol–water partition coefficient (Wildman–Crippen LogP) is 1.98. The molecule has 6 heteroatoms. The normalized spacial score (nSPS) is 12.6. The van der Waals surface area contributed by atoms with Gasteiger partial charge in [0.2, 0.25) is 11.8 Å². The molecule has 0 fully saturated rings. The van der Waals surface area contributed by atoms with Gasteiger partial charge in [-0.15, -0.1) is 0 Å². The first-order valence-electron chi connectivity index (χ1n) is 7.12. The van der Waals surface area contributed by atoms with Crippen molar-refractivity contribution in [3.8, 4) is 5.88 Å². The average Bonchev–Trinajstić information content (AvgIpc) is 2.85. The van der Waals surface area contributed by atoms with Crippen LogP contribution in [0, 0.1) is 5.92 Å². The molecule has 0 aliphatic heterocycles. The van der Waals surface area contributed by atoms with Gasteiger partial charge in [-0.3, -0.25) is 0 Å². The Bertz CT molecular complexity index is 551. The maximum absolute atomic E-state index is 6.05. The van der Waals surface area contributed by atoms with Gasteiger partial charge in [0.15, 0.2) is 5.82 Å². The molecule has 2 aromatic heterocycles. The van der Waals surface area contributed by atoms with Crippen LogP contribution in [0.1, 0.15) is 37.5 Å². The quantitative estimate of drug-likeness (QED) is 0.839. The van der Waals surface area contributed by atoms with Gasteiger partial charge in [0.05, 0.1) is 7.11 Å². The minimum Gasteiger partial charge on any atom is -0.481 e. The van der Waals surface area contributed by atoms with E-state index in [4.69, 9.17) is 15.0 Å². The number of rotatable bonds is 7. The fourth-order valence-corrected chi connectivity index (χ4v) is 2.18. The molecule has 21 heavy (non-hydrogen) atoms. The van der Waals surface area contributed by atoms with E-state index in [1.54, 1.807) is 13.3 Å². The zero-order valence-corrected chi connectivity index (χ0v) is 12.7. The minimum atomic E-state index is 0.0564. The van der Waals surface area contributed by atoms with Crippen molar-refractivity contribution in [2.75, 3.05) is 7.11 Å². The lowest BCUT2D eigenvalue weighted by molar-refractivity contribution is 0.355. The van der Waals surface area contributed by atoms with Crippen molar-refractivity contribution in [2.45, 2.75) is 39.2 Å². The summed E-state index contributed by atoms with van der Waals surface area (Å²) in [6, 6.07) is 3.81. The Balaban J connectivity index is 1.93. The van der Waals surface area contributed by atoms with Crippen LogP contribution < -0.4 is 10.5 Å². The fraction of sp³-hybridized carbons (Fsp3) is 0.533. The third-order valence-corrected chi connectivity index (χ3v) is 3.09. The number of pyridine rings is 1. The molecule has 2 heterocycles. The largest absolute Gasteiger partial charge is 0.481 e. The Morgan fingerprint density at radius 1 is 1.33 bits per heavy atom. The van der Waals surface area contributed by atoms with Crippen molar-refractivity contribution >= 4 is 0 Å². The average molecular weight is 290 g/mol. The Hall–Kier alpha value is -1.95. The van der Waals surface area contributed by atoms with Crippen molar-refractivity contribution in [1.29, 1.82) is 0 Å². The first-order chi connectivity index (χ1) is 10.1. The van der Waals surface area contributed by atoms with Gasteiger partial charge >= 0.3 is 0 Å². The molecule has 6 nitrogen and oxygen atoms in total. The molecule has 114 valence electrons. The smallest absolute Gasteiger partial charge is 0.228 e. The van der Waals surface area contributed by atoms with Gasteiger partial charge in [-0.2, -0.15) is 4.98 Å². The highest BCUT2D eigenvalue weighted by Crippen LogP contribution is 2.12. The monoisotopic (exact) mass is 290 g/mol. The zero-order chi connectivity index (χ0) is 15.2. The van der Waals surface area contributed by atoms with E-state index in [0.29, 0.717) is 36.4 Å². The van der Waals surface area contributed by atoms with Gasteiger partial charge < -0.3 is 15.0 Å². The molecular formula is C15H22N4O2. The summed E-state index contributed by atoms with van der Waals surface area (Å²) in [7, 11) is 1.59. The van der Waals surface area contributed by atoms with Gasteiger partial charge in [-0.25, -0.2) is 4.98 Å². The van der Waals surface area contributed by atoms with Crippen LogP contribution >= 0.6 is 0 Å². The maximum atomic E-state index is 6.05. The molecule has 0 aliphatic carbocycles. The van der Waals surface area contributed by atoms with Crippen molar-refractivity contribution in [3.05, 3.63) is 35.6 Å². The van der Waals surface area contributed by atoms with Gasteiger partial charge in [0, 0.05) is 31.1 Å². The molecule has 0 spiro atoms. The van der Waals surface area contributed by atoms with Crippen molar-refractivity contribution in [2.24, 2.45) is 11.7 Å². The van der Waals surface area contributed by atoms with E-state index in [2.05, 4.69) is 29.0 Å². The van der Waals surface area contributed by atoms with Crippen LogP contribution in [0.5, 0.6) is 5.88 Å². The predicted molar refractivity (Wildman–Crippen MR) is 79.0 cm³/mol. The van der Waals surface area contributed by atoms with Crippen LogP contribution in [-0.2, 0) is 12.8 Å². The summed E-state index contributed by atoms with van der Waals surface area (Å²) in [6.07, 6.45) is 3.89. The molecular weight excluding hydrogens is 268 g/mol. The SMILES string of the molecule is COc1ccc(Cc2noc(CC(N)CC(C)C)n2)cn1. The molecule has 0 saturated heterocycles. The van der Waals surface area contributed by atoms with E-state index in [-0.39, 0.29) is 6.04 Å². The lowest BCUT2D eigenvalue weighted by atomic mass is 10.0. The Morgan fingerprint density at radius 3 is 2.76 bits per heavy atom. The van der Waals surface area contributed by atoms with Crippen molar-refractivity contribution in [1.82, 2.24) is 15.1 Å². The van der Waals surface area contributed by atoms with E-state index in [9.17, 15) is 0 Å². The second-order valence-corrected chi connectivity index (χ2v) is 5.58. The number of hydrogen-bond donors (Lipinski definition) is 1. The summed E-state index contributed by atoms with van der Waals surface area (Å²) in [6.45, 7) is 4.30. The lowest BCUT2D eigenvalue weighted by Crippen LogP contribution is -2.24. The first kappa shape index (κ1) is 15.4. The molecule has 0 aliphatic rings. The number of ether oxygens (including phenoxy) is 1. The number of aromatic nitrogens is 3. The van der Waals surface area contributed by atoms with Gasteiger partial charge in [-0.05, 0) is 17.9 Å². The summed E-state index contributed by atoms with van der Waals surface area (Å²) >= 11 is 0.